The molecule has 5 heteroatoms. The lowest BCUT2D eigenvalue weighted by atomic mass is 10.1. The lowest BCUT2D eigenvalue weighted by molar-refractivity contribution is 0.0945. The maximum atomic E-state index is 11.8. The average Bonchev–Trinajstić information content (AvgIpc) is 2.85. The zero-order valence-corrected chi connectivity index (χ0v) is 11.1. The number of nitrogens with zero attached hydrogens (tertiary/aromatic N) is 2. The third kappa shape index (κ3) is 3.34. The van der Waals surface area contributed by atoms with E-state index < -0.39 is 0 Å². The van der Waals surface area contributed by atoms with Gasteiger partial charge in [-0.2, -0.15) is 5.10 Å². The number of methoxy groups -OCH3 is 1. The number of rotatable bonds is 5. The summed E-state index contributed by atoms with van der Waals surface area (Å²) in [6.07, 6.45) is 2.37. The molecule has 100 valence electrons. The molecule has 0 saturated carbocycles. The summed E-state index contributed by atoms with van der Waals surface area (Å²) >= 11 is 0. The molecular weight excluding hydrogens is 242 g/mol. The van der Waals surface area contributed by atoms with E-state index >= 15 is 0 Å². The van der Waals surface area contributed by atoms with Crippen molar-refractivity contribution in [1.82, 2.24) is 15.1 Å². The van der Waals surface area contributed by atoms with Gasteiger partial charge in [-0.05, 0) is 30.2 Å². The lowest BCUT2D eigenvalue weighted by Crippen LogP contribution is -2.27. The van der Waals surface area contributed by atoms with Crippen LogP contribution in [0.4, 0.5) is 0 Å². The average molecular weight is 259 g/mol. The fourth-order valence-corrected chi connectivity index (χ4v) is 1.84. The van der Waals surface area contributed by atoms with Crippen LogP contribution in [0.5, 0.6) is 5.75 Å². The number of ether oxygens (including phenoxy) is 1. The summed E-state index contributed by atoms with van der Waals surface area (Å²) in [4.78, 5) is 11.8. The van der Waals surface area contributed by atoms with E-state index in [1.165, 1.54) is 0 Å². The maximum Gasteiger partial charge on any atom is 0.269 e. The van der Waals surface area contributed by atoms with Crippen molar-refractivity contribution in [2.75, 3.05) is 13.7 Å². The number of aryl methyl sites for hydroxylation is 1. The van der Waals surface area contributed by atoms with Crippen LogP contribution in [0.1, 0.15) is 16.1 Å². The van der Waals surface area contributed by atoms with Crippen molar-refractivity contribution >= 4 is 5.91 Å². The molecule has 0 fully saturated rings. The van der Waals surface area contributed by atoms with E-state index in [4.69, 9.17) is 4.74 Å². The van der Waals surface area contributed by atoms with Crippen molar-refractivity contribution in [2.24, 2.45) is 7.05 Å². The summed E-state index contributed by atoms with van der Waals surface area (Å²) in [6.45, 7) is 0.581. The molecule has 0 spiro atoms. The van der Waals surface area contributed by atoms with E-state index in [0.29, 0.717) is 12.2 Å². The Kier molecular flexibility index (Phi) is 4.18. The Morgan fingerprint density at radius 2 is 2.26 bits per heavy atom. The van der Waals surface area contributed by atoms with Gasteiger partial charge in [0.15, 0.2) is 0 Å². The second kappa shape index (κ2) is 6.04. The summed E-state index contributed by atoms with van der Waals surface area (Å²) in [7, 11) is 3.39. The highest BCUT2D eigenvalue weighted by Gasteiger charge is 2.08. The molecule has 0 saturated heterocycles. The number of amides is 1. The molecule has 0 unspecified atom stereocenters. The first-order valence-corrected chi connectivity index (χ1v) is 6.10. The van der Waals surface area contributed by atoms with E-state index in [2.05, 4.69) is 10.4 Å². The second-order valence-electron chi connectivity index (χ2n) is 4.20. The lowest BCUT2D eigenvalue weighted by Gasteiger charge is -2.06. The zero-order chi connectivity index (χ0) is 13.7. The minimum absolute atomic E-state index is 0.108. The Labute approximate surface area is 112 Å². The quantitative estimate of drug-likeness (QED) is 0.883. The van der Waals surface area contributed by atoms with Gasteiger partial charge in [0.25, 0.3) is 5.91 Å². The Morgan fingerprint density at radius 3 is 2.95 bits per heavy atom. The number of hydrogen-bond donors (Lipinski definition) is 1. The van der Waals surface area contributed by atoms with Gasteiger partial charge in [-0.25, -0.2) is 0 Å². The van der Waals surface area contributed by atoms with Crippen LogP contribution in [0.2, 0.25) is 0 Å². The predicted molar refractivity (Wildman–Crippen MR) is 72.2 cm³/mol. The Hall–Kier alpha value is -2.30. The second-order valence-corrected chi connectivity index (χ2v) is 4.20. The molecule has 0 aliphatic carbocycles. The maximum absolute atomic E-state index is 11.8. The van der Waals surface area contributed by atoms with Gasteiger partial charge in [-0.3, -0.25) is 9.48 Å². The molecule has 1 heterocycles. The van der Waals surface area contributed by atoms with Gasteiger partial charge in [0, 0.05) is 19.8 Å². The Morgan fingerprint density at radius 1 is 1.42 bits per heavy atom. The fourth-order valence-electron chi connectivity index (χ4n) is 1.84. The van der Waals surface area contributed by atoms with E-state index in [-0.39, 0.29) is 5.91 Å². The number of nitrogens with one attached hydrogen (secondary N) is 1. The summed E-state index contributed by atoms with van der Waals surface area (Å²) < 4.78 is 6.71. The molecule has 0 bridgehead atoms. The van der Waals surface area contributed by atoms with Crippen LogP contribution < -0.4 is 10.1 Å². The molecule has 19 heavy (non-hydrogen) atoms. The van der Waals surface area contributed by atoms with Gasteiger partial charge < -0.3 is 10.1 Å². The molecular formula is C14H17N3O2. The molecule has 2 rings (SSSR count). The van der Waals surface area contributed by atoms with Crippen LogP contribution in [0.3, 0.4) is 0 Å². The van der Waals surface area contributed by atoms with E-state index in [1.54, 1.807) is 31.1 Å². The summed E-state index contributed by atoms with van der Waals surface area (Å²) in [5.41, 5.74) is 1.69. The standard InChI is InChI=1S/C14H17N3O2/c1-17-13(7-9-16-17)14(18)15-8-6-11-4-3-5-12(10-11)19-2/h3-5,7,9-10H,6,8H2,1-2H3,(H,15,18). The molecule has 0 radical (unpaired) electrons. The number of benzene rings is 1. The van der Waals surface area contributed by atoms with Gasteiger partial charge >= 0.3 is 0 Å². The van der Waals surface area contributed by atoms with Crippen molar-refractivity contribution in [2.45, 2.75) is 6.42 Å². The predicted octanol–water partition coefficient (Wildman–Crippen LogP) is 1.40. The minimum Gasteiger partial charge on any atom is -0.497 e. The minimum atomic E-state index is -0.108. The van der Waals surface area contributed by atoms with Crippen LogP contribution >= 0.6 is 0 Å². The van der Waals surface area contributed by atoms with Crippen molar-refractivity contribution in [3.05, 3.63) is 47.8 Å². The largest absolute Gasteiger partial charge is 0.497 e. The molecule has 1 amide bonds. The molecule has 0 aliphatic heterocycles. The molecule has 1 aromatic heterocycles. The van der Waals surface area contributed by atoms with Crippen molar-refractivity contribution < 1.29 is 9.53 Å². The Bertz CT molecular complexity index is 563. The van der Waals surface area contributed by atoms with E-state index in [0.717, 1.165) is 17.7 Å². The molecule has 1 aromatic carbocycles. The fraction of sp³-hybridized carbons (Fsp3) is 0.286. The van der Waals surface area contributed by atoms with E-state index in [9.17, 15) is 4.79 Å². The zero-order valence-electron chi connectivity index (χ0n) is 11.1. The molecule has 2 aromatic rings. The van der Waals surface area contributed by atoms with Crippen LogP contribution in [0.15, 0.2) is 36.5 Å². The van der Waals surface area contributed by atoms with Crippen LogP contribution in [-0.2, 0) is 13.5 Å². The number of aromatic nitrogens is 2. The highest BCUT2D eigenvalue weighted by Crippen LogP contribution is 2.12. The third-order valence-electron chi connectivity index (χ3n) is 2.89. The molecule has 0 atom stereocenters. The van der Waals surface area contributed by atoms with Gasteiger partial charge in [0.1, 0.15) is 11.4 Å². The van der Waals surface area contributed by atoms with Crippen molar-refractivity contribution in [1.29, 1.82) is 0 Å². The van der Waals surface area contributed by atoms with Gasteiger partial charge in [0.2, 0.25) is 0 Å². The molecule has 5 nitrogen and oxygen atoms in total. The van der Waals surface area contributed by atoms with Crippen LogP contribution in [0, 0.1) is 0 Å². The SMILES string of the molecule is COc1cccc(CCNC(=O)c2ccnn2C)c1. The van der Waals surface area contributed by atoms with Crippen LogP contribution in [-0.4, -0.2) is 29.3 Å². The number of hydrogen-bond acceptors (Lipinski definition) is 3. The van der Waals surface area contributed by atoms with Gasteiger partial charge in [0.05, 0.1) is 7.11 Å². The van der Waals surface area contributed by atoms with Crippen molar-refractivity contribution in [3.63, 3.8) is 0 Å². The highest BCUT2D eigenvalue weighted by molar-refractivity contribution is 5.92. The highest BCUT2D eigenvalue weighted by atomic mass is 16.5. The first kappa shape index (κ1) is 13.1. The Balaban J connectivity index is 1.86. The van der Waals surface area contributed by atoms with E-state index in [1.807, 2.05) is 24.3 Å². The van der Waals surface area contributed by atoms with Gasteiger partial charge in [-0.1, -0.05) is 12.1 Å². The normalized spacial score (nSPS) is 10.2. The summed E-state index contributed by atoms with van der Waals surface area (Å²) in [5.74, 6) is 0.721. The topological polar surface area (TPSA) is 56.1 Å². The van der Waals surface area contributed by atoms with Gasteiger partial charge in [-0.15, -0.1) is 0 Å². The smallest absolute Gasteiger partial charge is 0.269 e. The van der Waals surface area contributed by atoms with Crippen molar-refractivity contribution in [3.8, 4) is 5.75 Å². The first-order chi connectivity index (χ1) is 9.20. The monoisotopic (exact) mass is 259 g/mol. The third-order valence-corrected chi connectivity index (χ3v) is 2.89. The first-order valence-electron chi connectivity index (χ1n) is 6.10. The number of carbonyl (C=O) groups is 1. The summed E-state index contributed by atoms with van der Waals surface area (Å²) in [6, 6.07) is 9.52. The molecule has 1 N–H and O–H groups in total. The van der Waals surface area contributed by atoms with Crippen LogP contribution in [0.25, 0.3) is 0 Å². The summed E-state index contributed by atoms with van der Waals surface area (Å²) in [5, 5.41) is 6.84. The molecule has 0 aliphatic rings. The number of carbonyl (C=O) groups excluding carboxylic acids is 1.